The molecule has 0 bridgehead atoms. The van der Waals surface area contributed by atoms with Crippen molar-refractivity contribution in [2.45, 2.75) is 12.1 Å². The number of halogens is 4. The minimum Gasteiger partial charge on any atom is -0.537 e. The number of benzene rings is 1. The molecule has 1 aromatic carbocycles. The maximum atomic E-state index is 12.4. The molecule has 0 radical (unpaired) electrons. The van der Waals surface area contributed by atoms with Crippen molar-refractivity contribution >= 4 is 10.0 Å². The van der Waals surface area contributed by atoms with Crippen molar-refractivity contribution in [3.8, 4) is 0 Å². The molecule has 1 rings (SSSR count). The Labute approximate surface area is 151 Å². The minimum absolute atomic E-state index is 0. The predicted octanol–water partition coefficient (Wildman–Crippen LogP) is 0.355. The zero-order chi connectivity index (χ0) is 14.4. The van der Waals surface area contributed by atoms with Crippen LogP contribution in [0.1, 0.15) is 5.56 Å². The number of sulfonamides is 1. The number of nitrogens with zero attached hydrogens (tertiary/aromatic N) is 1. The molecule has 19 heavy (non-hydrogen) atoms. The number of alkyl halides is 3. The van der Waals surface area contributed by atoms with Crippen molar-refractivity contribution in [3.63, 3.8) is 0 Å². The molecule has 9 heteroatoms. The Hall–Kier alpha value is 0.226. The fraction of sp³-hybridized carbons (Fsp3) is 0.200. The van der Waals surface area contributed by atoms with Gasteiger partial charge in [0, 0.05) is 0 Å². The van der Waals surface area contributed by atoms with Gasteiger partial charge in [0.15, 0.2) is 10.0 Å². The Kier molecular flexibility index (Phi) is 10.4. The Balaban J connectivity index is 0. The molecular formula is C10H10F4KNO2S. The first kappa shape index (κ1) is 21.5. The molecule has 0 amide bonds. The molecule has 0 saturated carbocycles. The van der Waals surface area contributed by atoms with Gasteiger partial charge in [0.2, 0.25) is 0 Å². The Morgan fingerprint density at radius 2 is 1.53 bits per heavy atom. The standard InChI is InChI=1S/C8H6F4NO2S.C2H4.K/c9-7-3-1-6(2-4-7)5-13-16(14,15)8(10,11)12;1-2;/h1-4H,5H2;1-2H2;/q-1;;+1. The van der Waals surface area contributed by atoms with E-state index in [1.165, 1.54) is 0 Å². The number of rotatable bonds is 3. The molecule has 0 aliphatic rings. The molecule has 0 N–H and O–H groups in total. The molecule has 102 valence electrons. The van der Waals surface area contributed by atoms with E-state index in [0.29, 0.717) is 0 Å². The van der Waals surface area contributed by atoms with Crippen LogP contribution in [0, 0.1) is 5.82 Å². The molecule has 1 aromatic rings. The summed E-state index contributed by atoms with van der Waals surface area (Å²) in [5, 5.41) is 0. The molecule has 0 atom stereocenters. The SMILES string of the molecule is C=C.O=S(=O)([N-]Cc1ccc(F)cc1)C(F)(F)F.[K+]. The van der Waals surface area contributed by atoms with Crippen LogP contribution in [0.3, 0.4) is 0 Å². The summed E-state index contributed by atoms with van der Waals surface area (Å²) in [7, 11) is -5.47. The van der Waals surface area contributed by atoms with Crippen LogP contribution in [-0.4, -0.2) is 13.9 Å². The summed E-state index contributed by atoms with van der Waals surface area (Å²) in [6, 6.07) is 4.32. The summed E-state index contributed by atoms with van der Waals surface area (Å²) in [5.74, 6) is -0.567. The molecule has 0 fully saturated rings. The fourth-order valence-corrected chi connectivity index (χ4v) is 1.29. The van der Waals surface area contributed by atoms with Crippen LogP contribution in [-0.2, 0) is 16.6 Å². The van der Waals surface area contributed by atoms with Crippen LogP contribution < -0.4 is 51.4 Å². The summed E-state index contributed by atoms with van der Waals surface area (Å²) in [5.41, 5.74) is -5.22. The van der Waals surface area contributed by atoms with Crippen LogP contribution in [0.5, 0.6) is 0 Å². The molecular weight excluding hydrogens is 313 g/mol. The van der Waals surface area contributed by atoms with Gasteiger partial charge in [-0.2, -0.15) is 13.2 Å². The summed E-state index contributed by atoms with van der Waals surface area (Å²) < 4.78 is 71.6. The predicted molar refractivity (Wildman–Crippen MR) is 59.7 cm³/mol. The topological polar surface area (TPSA) is 48.2 Å². The van der Waals surface area contributed by atoms with E-state index >= 15 is 0 Å². The van der Waals surface area contributed by atoms with Gasteiger partial charge in [-0.3, -0.25) is 0 Å². The summed E-state index contributed by atoms with van der Waals surface area (Å²) >= 11 is 0. The largest absolute Gasteiger partial charge is 1.00 e. The molecule has 0 aromatic heterocycles. The maximum Gasteiger partial charge on any atom is 1.00 e. The van der Waals surface area contributed by atoms with E-state index in [9.17, 15) is 26.0 Å². The minimum atomic E-state index is -5.47. The monoisotopic (exact) mass is 323 g/mol. The Morgan fingerprint density at radius 1 is 1.11 bits per heavy atom. The van der Waals surface area contributed by atoms with E-state index in [-0.39, 0.29) is 56.9 Å². The second kappa shape index (κ2) is 9.22. The van der Waals surface area contributed by atoms with E-state index in [1.54, 1.807) is 0 Å². The van der Waals surface area contributed by atoms with Crippen LogP contribution in [0.2, 0.25) is 0 Å². The Morgan fingerprint density at radius 3 is 1.89 bits per heavy atom. The average Bonchev–Trinajstić information content (AvgIpc) is 2.29. The van der Waals surface area contributed by atoms with Crippen LogP contribution in [0.25, 0.3) is 4.72 Å². The molecule has 0 unspecified atom stereocenters. The third-order valence-corrected chi connectivity index (χ3v) is 2.68. The molecule has 0 saturated heterocycles. The molecule has 3 nitrogen and oxygen atoms in total. The molecule has 0 heterocycles. The van der Waals surface area contributed by atoms with Gasteiger partial charge in [0.25, 0.3) is 0 Å². The molecule has 0 aliphatic carbocycles. The van der Waals surface area contributed by atoms with Crippen LogP contribution >= 0.6 is 0 Å². The third-order valence-electron chi connectivity index (χ3n) is 1.62. The Bertz CT molecular complexity index is 473. The zero-order valence-corrected chi connectivity index (χ0v) is 14.1. The van der Waals surface area contributed by atoms with Crippen molar-refractivity contribution in [1.29, 1.82) is 0 Å². The average molecular weight is 323 g/mol. The third kappa shape index (κ3) is 7.54. The van der Waals surface area contributed by atoms with E-state index in [0.717, 1.165) is 24.3 Å². The van der Waals surface area contributed by atoms with Gasteiger partial charge >= 0.3 is 56.9 Å². The normalized spacial score (nSPS) is 10.9. The first-order chi connectivity index (χ1) is 8.22. The zero-order valence-electron chi connectivity index (χ0n) is 10.1. The fourth-order valence-electron chi connectivity index (χ4n) is 0.823. The van der Waals surface area contributed by atoms with E-state index in [2.05, 4.69) is 17.9 Å². The summed E-state index contributed by atoms with van der Waals surface area (Å²) in [4.78, 5) is 0. The van der Waals surface area contributed by atoms with Crippen LogP contribution in [0.4, 0.5) is 17.6 Å². The molecule has 0 aliphatic heterocycles. The van der Waals surface area contributed by atoms with Gasteiger partial charge in [0.1, 0.15) is 5.82 Å². The number of hydrogen-bond acceptors (Lipinski definition) is 2. The van der Waals surface area contributed by atoms with Crippen LogP contribution in [0.15, 0.2) is 37.4 Å². The van der Waals surface area contributed by atoms with Gasteiger partial charge in [-0.1, -0.05) is 17.7 Å². The smallest absolute Gasteiger partial charge is 0.537 e. The quantitative estimate of drug-likeness (QED) is 0.458. The second-order valence-corrected chi connectivity index (χ2v) is 4.51. The van der Waals surface area contributed by atoms with Crippen molar-refractivity contribution in [2.24, 2.45) is 0 Å². The first-order valence-corrected chi connectivity index (χ1v) is 5.91. The molecule has 0 spiro atoms. The second-order valence-electron chi connectivity index (χ2n) is 2.83. The van der Waals surface area contributed by atoms with Crippen molar-refractivity contribution in [2.75, 3.05) is 0 Å². The first-order valence-electron chi connectivity index (χ1n) is 4.47. The summed E-state index contributed by atoms with van der Waals surface area (Å²) in [6.07, 6.45) is 0. The van der Waals surface area contributed by atoms with Crippen molar-refractivity contribution in [3.05, 3.63) is 53.5 Å². The van der Waals surface area contributed by atoms with Gasteiger partial charge in [0.05, 0.1) is 0 Å². The maximum absolute atomic E-state index is 12.4. The number of hydrogen-bond donors (Lipinski definition) is 0. The van der Waals surface area contributed by atoms with Crippen molar-refractivity contribution < 1.29 is 77.4 Å². The van der Waals surface area contributed by atoms with E-state index in [4.69, 9.17) is 0 Å². The van der Waals surface area contributed by atoms with Gasteiger partial charge in [-0.15, -0.1) is 19.7 Å². The van der Waals surface area contributed by atoms with Gasteiger partial charge in [-0.25, -0.2) is 12.8 Å². The van der Waals surface area contributed by atoms with Gasteiger partial charge < -0.3 is 4.72 Å². The van der Waals surface area contributed by atoms with E-state index in [1.807, 2.05) is 0 Å². The van der Waals surface area contributed by atoms with Gasteiger partial charge in [-0.05, 0) is 12.1 Å². The van der Waals surface area contributed by atoms with E-state index < -0.39 is 27.9 Å². The van der Waals surface area contributed by atoms with Crippen molar-refractivity contribution in [1.82, 2.24) is 0 Å². The summed E-state index contributed by atoms with van der Waals surface area (Å²) in [6.45, 7) is 5.34.